The number of anilines is 1. The number of Topliss-reactive ketones (excluding diaryl/α,β-unsaturated/α-hetero) is 1. The van der Waals surface area contributed by atoms with Gasteiger partial charge >= 0.3 is 0 Å². The van der Waals surface area contributed by atoms with E-state index in [1.165, 1.54) is 0 Å². The maximum absolute atomic E-state index is 13.8. The van der Waals surface area contributed by atoms with Crippen molar-refractivity contribution in [3.63, 3.8) is 0 Å². The summed E-state index contributed by atoms with van der Waals surface area (Å²) in [4.78, 5) is 31.8. The van der Waals surface area contributed by atoms with Gasteiger partial charge in [0.25, 0.3) is 5.91 Å². The first-order valence-corrected chi connectivity index (χ1v) is 12.6. The second-order valence-corrected chi connectivity index (χ2v) is 9.74. The number of benzene rings is 2. The number of hydrogen-bond acceptors (Lipinski definition) is 6. The van der Waals surface area contributed by atoms with Gasteiger partial charge in [0, 0.05) is 41.1 Å². The van der Waals surface area contributed by atoms with Crippen molar-refractivity contribution in [2.45, 2.75) is 38.5 Å². The fraction of sp³-hybridized carbons (Fsp3) is 0.258. The van der Waals surface area contributed by atoms with Crippen molar-refractivity contribution in [3.8, 4) is 11.5 Å². The molecule has 2 atom stereocenters. The maximum atomic E-state index is 13.8. The number of nitrogens with zero attached hydrogens (tertiary/aromatic N) is 1. The molecule has 2 heterocycles. The number of aryl methyl sites for hydroxylation is 1. The second-order valence-electron chi connectivity index (χ2n) is 9.74. The molecule has 0 spiro atoms. The summed E-state index contributed by atoms with van der Waals surface area (Å²) in [6.07, 6.45) is 2.70. The molecule has 3 aromatic rings. The predicted octanol–water partition coefficient (Wildman–Crippen LogP) is 5.41. The van der Waals surface area contributed by atoms with E-state index >= 15 is 0 Å². The van der Waals surface area contributed by atoms with Crippen molar-refractivity contribution in [1.29, 1.82) is 0 Å². The van der Waals surface area contributed by atoms with Crippen LogP contribution in [0.15, 0.2) is 89.4 Å². The Labute approximate surface area is 222 Å². The number of rotatable bonds is 6. The van der Waals surface area contributed by atoms with Crippen LogP contribution in [-0.4, -0.2) is 30.9 Å². The number of pyridine rings is 1. The van der Waals surface area contributed by atoms with Gasteiger partial charge in [-0.05, 0) is 79.3 Å². The minimum absolute atomic E-state index is 0.0341. The molecule has 5 rings (SSSR count). The van der Waals surface area contributed by atoms with Crippen molar-refractivity contribution in [1.82, 2.24) is 10.3 Å². The van der Waals surface area contributed by atoms with E-state index in [9.17, 15) is 9.59 Å². The maximum Gasteiger partial charge on any atom is 0.255 e. The Hall–Kier alpha value is -4.39. The van der Waals surface area contributed by atoms with Crippen LogP contribution in [0, 0.1) is 6.92 Å². The molecule has 2 unspecified atom stereocenters. The number of ketones is 1. The summed E-state index contributed by atoms with van der Waals surface area (Å²) in [6, 6.07) is 19.1. The smallest absolute Gasteiger partial charge is 0.255 e. The van der Waals surface area contributed by atoms with Gasteiger partial charge in [-0.15, -0.1) is 0 Å². The fourth-order valence-electron chi connectivity index (χ4n) is 5.37. The summed E-state index contributed by atoms with van der Waals surface area (Å²) in [6.45, 7) is 3.83. The van der Waals surface area contributed by atoms with Crippen LogP contribution in [0.1, 0.15) is 48.3 Å². The topological polar surface area (TPSA) is 89.5 Å². The van der Waals surface area contributed by atoms with Crippen LogP contribution in [-0.2, 0) is 9.59 Å². The first-order chi connectivity index (χ1) is 18.4. The minimum Gasteiger partial charge on any atom is -0.497 e. The van der Waals surface area contributed by atoms with Crippen LogP contribution < -0.4 is 20.1 Å². The number of aromatic nitrogens is 1. The predicted molar refractivity (Wildman–Crippen MR) is 146 cm³/mol. The van der Waals surface area contributed by atoms with Crippen molar-refractivity contribution in [2.24, 2.45) is 0 Å². The highest BCUT2D eigenvalue weighted by Crippen LogP contribution is 2.46. The molecule has 1 amide bonds. The number of nitrogens with one attached hydrogen (secondary N) is 2. The number of amides is 1. The van der Waals surface area contributed by atoms with Crippen LogP contribution in [0.5, 0.6) is 11.5 Å². The SMILES string of the molecule is COc1ccc(C2CC(=O)C3=C(C2)NC(C)=C(C(=O)Nc2cc(C)ccn2)C3c2ccc(OC)cc2)cc1. The summed E-state index contributed by atoms with van der Waals surface area (Å²) in [5.74, 6) is 1.24. The van der Waals surface area contributed by atoms with Gasteiger partial charge in [-0.3, -0.25) is 9.59 Å². The average Bonchev–Trinajstić information content (AvgIpc) is 2.92. The summed E-state index contributed by atoms with van der Waals surface area (Å²) in [5, 5.41) is 6.37. The molecule has 2 N–H and O–H groups in total. The molecule has 0 saturated carbocycles. The molecule has 0 saturated heterocycles. The molecular formula is C31H31N3O4. The first-order valence-electron chi connectivity index (χ1n) is 12.6. The van der Waals surface area contributed by atoms with Gasteiger partial charge in [-0.1, -0.05) is 24.3 Å². The largest absolute Gasteiger partial charge is 0.497 e. The monoisotopic (exact) mass is 509 g/mol. The third-order valence-electron chi connectivity index (χ3n) is 7.27. The standard InChI is InChI=1S/C31H31N3O4/c1-18-13-14-32-27(15-18)34-31(36)28-19(2)33-25-16-22(20-5-9-23(37-3)10-6-20)17-26(35)30(25)29(28)21-7-11-24(38-4)12-8-21/h5-15,22,29,33H,16-17H2,1-4H3,(H,32,34,36). The van der Waals surface area contributed by atoms with E-state index in [0.29, 0.717) is 35.6 Å². The number of ether oxygens (including phenoxy) is 2. The third-order valence-corrected chi connectivity index (χ3v) is 7.27. The molecule has 194 valence electrons. The summed E-state index contributed by atoms with van der Waals surface area (Å²) < 4.78 is 10.6. The van der Waals surface area contributed by atoms with Gasteiger partial charge in [-0.25, -0.2) is 4.98 Å². The van der Waals surface area contributed by atoms with Gasteiger partial charge < -0.3 is 20.1 Å². The van der Waals surface area contributed by atoms with E-state index in [4.69, 9.17) is 9.47 Å². The van der Waals surface area contributed by atoms with Gasteiger partial charge in [-0.2, -0.15) is 0 Å². The van der Waals surface area contributed by atoms with Crippen LogP contribution in [0.3, 0.4) is 0 Å². The van der Waals surface area contributed by atoms with Gasteiger partial charge in [0.05, 0.1) is 14.2 Å². The molecule has 1 aliphatic carbocycles. The number of methoxy groups -OCH3 is 2. The zero-order valence-electron chi connectivity index (χ0n) is 22.0. The minimum atomic E-state index is -0.508. The first kappa shape index (κ1) is 25.3. The van der Waals surface area contributed by atoms with Gasteiger partial charge in [0.2, 0.25) is 0 Å². The summed E-state index contributed by atoms with van der Waals surface area (Å²) >= 11 is 0. The third kappa shape index (κ3) is 4.92. The van der Waals surface area contributed by atoms with Crippen LogP contribution in [0.2, 0.25) is 0 Å². The number of hydrogen-bond donors (Lipinski definition) is 2. The Morgan fingerprint density at radius 1 is 0.921 bits per heavy atom. The van der Waals surface area contributed by atoms with Crippen LogP contribution in [0.25, 0.3) is 0 Å². The lowest BCUT2D eigenvalue weighted by molar-refractivity contribution is -0.116. The molecule has 7 nitrogen and oxygen atoms in total. The van der Waals surface area contributed by atoms with Crippen LogP contribution in [0.4, 0.5) is 5.82 Å². The number of carbonyl (C=O) groups is 2. The lowest BCUT2D eigenvalue weighted by Crippen LogP contribution is -2.37. The van der Waals surface area contributed by atoms with E-state index in [2.05, 4.69) is 15.6 Å². The van der Waals surface area contributed by atoms with Crippen molar-refractivity contribution in [2.75, 3.05) is 19.5 Å². The molecule has 0 radical (unpaired) electrons. The zero-order chi connectivity index (χ0) is 26.8. The highest BCUT2D eigenvalue weighted by Gasteiger charge is 2.41. The lowest BCUT2D eigenvalue weighted by atomic mass is 9.71. The van der Waals surface area contributed by atoms with E-state index in [0.717, 1.165) is 33.8 Å². The molecule has 0 fully saturated rings. The quantitative estimate of drug-likeness (QED) is 0.462. The summed E-state index contributed by atoms with van der Waals surface area (Å²) in [5.41, 5.74) is 5.68. The average molecular weight is 510 g/mol. The highest BCUT2D eigenvalue weighted by atomic mass is 16.5. The van der Waals surface area contributed by atoms with E-state index in [1.807, 2.05) is 74.5 Å². The number of allylic oxidation sites excluding steroid dienone is 3. The molecule has 2 aromatic carbocycles. The normalized spacial score (nSPS) is 19.0. The molecule has 7 heteroatoms. The summed E-state index contributed by atoms with van der Waals surface area (Å²) in [7, 11) is 3.25. The Bertz CT molecular complexity index is 1440. The number of dihydropyridines is 1. The Morgan fingerprint density at radius 3 is 2.16 bits per heavy atom. The Morgan fingerprint density at radius 2 is 1.55 bits per heavy atom. The Balaban J connectivity index is 1.54. The van der Waals surface area contributed by atoms with Crippen LogP contribution >= 0.6 is 0 Å². The zero-order valence-corrected chi connectivity index (χ0v) is 22.0. The van der Waals surface area contributed by atoms with Crippen molar-refractivity contribution in [3.05, 3.63) is 106 Å². The molecule has 0 bridgehead atoms. The molecular weight excluding hydrogens is 478 g/mol. The number of carbonyl (C=O) groups excluding carboxylic acids is 2. The van der Waals surface area contributed by atoms with Gasteiger partial charge in [0.1, 0.15) is 17.3 Å². The lowest BCUT2D eigenvalue weighted by Gasteiger charge is -2.37. The van der Waals surface area contributed by atoms with E-state index in [-0.39, 0.29) is 17.6 Å². The molecule has 2 aliphatic rings. The fourth-order valence-corrected chi connectivity index (χ4v) is 5.37. The molecule has 1 aromatic heterocycles. The molecule has 1 aliphatic heterocycles. The van der Waals surface area contributed by atoms with E-state index < -0.39 is 5.92 Å². The van der Waals surface area contributed by atoms with E-state index in [1.54, 1.807) is 20.4 Å². The van der Waals surface area contributed by atoms with Crippen molar-refractivity contribution >= 4 is 17.5 Å². The van der Waals surface area contributed by atoms with Crippen molar-refractivity contribution < 1.29 is 19.1 Å². The highest BCUT2D eigenvalue weighted by molar-refractivity contribution is 6.09. The molecule has 38 heavy (non-hydrogen) atoms. The van der Waals surface area contributed by atoms with Gasteiger partial charge in [0.15, 0.2) is 5.78 Å². The second kappa shape index (κ2) is 10.5. The Kier molecular flexibility index (Phi) is 7.01.